The first-order valence-electron chi connectivity index (χ1n) is 7.72. The van der Waals surface area contributed by atoms with E-state index in [9.17, 15) is 0 Å². The van der Waals surface area contributed by atoms with Gasteiger partial charge in [-0.25, -0.2) is 4.98 Å². The summed E-state index contributed by atoms with van der Waals surface area (Å²) >= 11 is 0. The van der Waals surface area contributed by atoms with Crippen LogP contribution in [0, 0.1) is 0 Å². The minimum absolute atomic E-state index is 0.370. The highest BCUT2D eigenvalue weighted by molar-refractivity contribution is 5.35. The van der Waals surface area contributed by atoms with Crippen molar-refractivity contribution in [2.45, 2.75) is 44.9 Å². The van der Waals surface area contributed by atoms with E-state index in [2.05, 4.69) is 48.4 Å². The Morgan fingerprint density at radius 1 is 1.33 bits per heavy atom. The smallest absolute Gasteiger partial charge is 0.0991 e. The maximum absolute atomic E-state index is 5.60. The van der Waals surface area contributed by atoms with Crippen molar-refractivity contribution in [2.75, 3.05) is 6.61 Å². The van der Waals surface area contributed by atoms with Crippen LogP contribution in [0.25, 0.3) is 5.69 Å². The topological polar surface area (TPSA) is 39.1 Å². The number of ether oxygens (including phenoxy) is 1. The largest absolute Gasteiger partial charge is 0.378 e. The van der Waals surface area contributed by atoms with Gasteiger partial charge in [0, 0.05) is 36.8 Å². The molecule has 1 aliphatic carbocycles. The predicted octanol–water partition coefficient (Wildman–Crippen LogP) is 3.09. The molecule has 0 saturated heterocycles. The fourth-order valence-corrected chi connectivity index (χ4v) is 2.87. The van der Waals surface area contributed by atoms with Gasteiger partial charge in [0.15, 0.2) is 0 Å². The summed E-state index contributed by atoms with van der Waals surface area (Å²) in [5.74, 6) is 0. The van der Waals surface area contributed by atoms with Gasteiger partial charge in [-0.1, -0.05) is 12.1 Å². The molecule has 0 aliphatic heterocycles. The number of nitrogens with one attached hydrogen (secondary N) is 1. The molecule has 1 N–H and O–H groups in total. The van der Waals surface area contributed by atoms with Gasteiger partial charge in [-0.2, -0.15) is 0 Å². The average molecular weight is 285 g/mol. The summed E-state index contributed by atoms with van der Waals surface area (Å²) in [5.41, 5.74) is 2.46. The van der Waals surface area contributed by atoms with Crippen LogP contribution in [0.5, 0.6) is 0 Å². The van der Waals surface area contributed by atoms with Crippen molar-refractivity contribution in [3.05, 3.63) is 48.5 Å². The Balaban J connectivity index is 1.55. The van der Waals surface area contributed by atoms with Gasteiger partial charge in [0.1, 0.15) is 0 Å². The van der Waals surface area contributed by atoms with Crippen LogP contribution in [-0.2, 0) is 4.74 Å². The summed E-state index contributed by atoms with van der Waals surface area (Å²) in [6.45, 7) is 5.11. The number of benzene rings is 1. The van der Waals surface area contributed by atoms with Crippen LogP contribution in [0.1, 0.15) is 38.3 Å². The van der Waals surface area contributed by atoms with Crippen molar-refractivity contribution in [2.24, 2.45) is 0 Å². The molecule has 0 spiro atoms. The molecular weight excluding hydrogens is 262 g/mol. The van der Waals surface area contributed by atoms with Gasteiger partial charge < -0.3 is 14.6 Å². The summed E-state index contributed by atoms with van der Waals surface area (Å²) in [6.07, 6.45) is 8.29. The Kier molecular flexibility index (Phi) is 4.36. The molecule has 1 fully saturated rings. The molecule has 1 aliphatic rings. The lowest BCUT2D eigenvalue weighted by Gasteiger charge is -2.37. The monoisotopic (exact) mass is 285 g/mol. The summed E-state index contributed by atoms with van der Waals surface area (Å²) in [5, 5.41) is 3.68. The van der Waals surface area contributed by atoms with Crippen LogP contribution >= 0.6 is 0 Å². The second kappa shape index (κ2) is 6.41. The van der Waals surface area contributed by atoms with E-state index < -0.39 is 0 Å². The highest BCUT2D eigenvalue weighted by atomic mass is 16.5. The van der Waals surface area contributed by atoms with Crippen LogP contribution in [0.3, 0.4) is 0 Å². The standard InChI is InChI=1S/C17H23N3O/c1-3-21-17-10-15(11-17)19-13(2)14-4-6-16(7-5-14)20-9-8-18-12-20/h4-9,12-13,15,17,19H,3,10-11H2,1-2H3. The zero-order valence-electron chi connectivity index (χ0n) is 12.7. The van der Waals surface area contributed by atoms with Crippen molar-refractivity contribution in [3.63, 3.8) is 0 Å². The first kappa shape index (κ1) is 14.3. The number of rotatable bonds is 6. The van der Waals surface area contributed by atoms with Gasteiger partial charge >= 0.3 is 0 Å². The van der Waals surface area contributed by atoms with Crippen LogP contribution in [0.4, 0.5) is 0 Å². The van der Waals surface area contributed by atoms with Crippen molar-refractivity contribution < 1.29 is 4.74 Å². The fraction of sp³-hybridized carbons (Fsp3) is 0.471. The molecule has 4 heteroatoms. The van der Waals surface area contributed by atoms with E-state index in [1.54, 1.807) is 6.20 Å². The second-order valence-electron chi connectivity index (χ2n) is 5.70. The third-order valence-electron chi connectivity index (χ3n) is 4.18. The second-order valence-corrected chi connectivity index (χ2v) is 5.70. The molecule has 1 atom stereocenters. The number of hydrogen-bond acceptors (Lipinski definition) is 3. The van der Waals surface area contributed by atoms with Gasteiger partial charge in [-0.05, 0) is 44.4 Å². The van der Waals surface area contributed by atoms with Crippen molar-refractivity contribution in [3.8, 4) is 5.69 Å². The van der Waals surface area contributed by atoms with Gasteiger partial charge in [0.05, 0.1) is 12.4 Å². The first-order chi connectivity index (χ1) is 10.3. The first-order valence-corrected chi connectivity index (χ1v) is 7.72. The maximum Gasteiger partial charge on any atom is 0.0991 e. The van der Waals surface area contributed by atoms with Crippen LogP contribution in [0.2, 0.25) is 0 Å². The summed E-state index contributed by atoms with van der Waals surface area (Å²) in [7, 11) is 0. The molecule has 21 heavy (non-hydrogen) atoms. The Morgan fingerprint density at radius 2 is 2.10 bits per heavy atom. The molecule has 3 rings (SSSR count). The molecule has 1 unspecified atom stereocenters. The van der Waals surface area contributed by atoms with Gasteiger partial charge in [-0.15, -0.1) is 0 Å². The third kappa shape index (κ3) is 3.34. The Morgan fingerprint density at radius 3 is 2.71 bits per heavy atom. The molecule has 0 bridgehead atoms. The normalized spacial score (nSPS) is 22.8. The van der Waals surface area contributed by atoms with Crippen molar-refractivity contribution in [1.29, 1.82) is 0 Å². The van der Waals surface area contributed by atoms with Crippen molar-refractivity contribution in [1.82, 2.24) is 14.9 Å². The quantitative estimate of drug-likeness (QED) is 0.886. The average Bonchev–Trinajstić information content (AvgIpc) is 2.99. The molecule has 1 aromatic heterocycles. The zero-order valence-corrected chi connectivity index (χ0v) is 12.7. The SMILES string of the molecule is CCOC1CC(NC(C)c2ccc(-n3ccnc3)cc2)C1. The molecule has 112 valence electrons. The van der Waals surface area contributed by atoms with Crippen LogP contribution < -0.4 is 5.32 Å². The predicted molar refractivity (Wildman–Crippen MR) is 83.6 cm³/mol. The lowest BCUT2D eigenvalue weighted by molar-refractivity contribution is -0.0120. The van der Waals surface area contributed by atoms with E-state index in [0.717, 1.165) is 25.1 Å². The highest BCUT2D eigenvalue weighted by Crippen LogP contribution is 2.26. The van der Waals surface area contributed by atoms with E-state index in [-0.39, 0.29) is 0 Å². The fourth-order valence-electron chi connectivity index (χ4n) is 2.87. The van der Waals surface area contributed by atoms with E-state index in [4.69, 9.17) is 4.74 Å². The van der Waals surface area contributed by atoms with Crippen molar-refractivity contribution >= 4 is 0 Å². The third-order valence-corrected chi connectivity index (χ3v) is 4.18. The van der Waals surface area contributed by atoms with E-state index >= 15 is 0 Å². The molecule has 1 saturated carbocycles. The molecule has 0 amide bonds. The lowest BCUT2D eigenvalue weighted by Crippen LogP contribution is -2.46. The van der Waals surface area contributed by atoms with Gasteiger partial charge in [0.2, 0.25) is 0 Å². The van der Waals surface area contributed by atoms with E-state index in [1.807, 2.05) is 17.1 Å². The Labute approximate surface area is 126 Å². The molecule has 2 aromatic rings. The number of hydrogen-bond donors (Lipinski definition) is 1. The Bertz CT molecular complexity index is 544. The molecule has 0 radical (unpaired) electrons. The zero-order chi connectivity index (χ0) is 14.7. The summed E-state index contributed by atoms with van der Waals surface area (Å²) in [4.78, 5) is 4.08. The van der Waals surface area contributed by atoms with E-state index in [1.165, 1.54) is 5.56 Å². The maximum atomic E-state index is 5.60. The van der Waals surface area contributed by atoms with Crippen LogP contribution in [0.15, 0.2) is 43.0 Å². The molecule has 1 aromatic carbocycles. The number of imidazole rings is 1. The summed E-state index contributed by atoms with van der Waals surface area (Å²) in [6, 6.07) is 9.61. The van der Waals surface area contributed by atoms with Gasteiger partial charge in [0.25, 0.3) is 0 Å². The lowest BCUT2D eigenvalue weighted by atomic mass is 9.88. The minimum Gasteiger partial charge on any atom is -0.378 e. The van der Waals surface area contributed by atoms with E-state index in [0.29, 0.717) is 18.2 Å². The minimum atomic E-state index is 0.370. The number of aromatic nitrogens is 2. The van der Waals surface area contributed by atoms with Crippen LogP contribution in [-0.4, -0.2) is 28.3 Å². The molecule has 4 nitrogen and oxygen atoms in total. The van der Waals surface area contributed by atoms with Gasteiger partial charge in [-0.3, -0.25) is 0 Å². The number of nitrogens with zero attached hydrogens (tertiary/aromatic N) is 2. The highest BCUT2D eigenvalue weighted by Gasteiger charge is 2.30. The Hall–Kier alpha value is -1.65. The summed E-state index contributed by atoms with van der Waals surface area (Å²) < 4.78 is 7.62. The molecule has 1 heterocycles. The molecular formula is C17H23N3O.